The van der Waals surface area contributed by atoms with E-state index in [9.17, 15) is 14.0 Å². The van der Waals surface area contributed by atoms with Crippen LogP contribution in [0.2, 0.25) is 5.02 Å². The molecular weight excluding hydrogens is 363 g/mol. The van der Waals surface area contributed by atoms with Crippen molar-refractivity contribution < 1.29 is 18.7 Å². The van der Waals surface area contributed by atoms with Gasteiger partial charge in [0, 0.05) is 11.6 Å². The largest absolute Gasteiger partial charge is 0.452 e. The maximum Gasteiger partial charge on any atom is 0.338 e. The number of amides is 1. The number of hydrogen-bond acceptors (Lipinski definition) is 5. The molecule has 0 spiro atoms. The van der Waals surface area contributed by atoms with Gasteiger partial charge in [-0.15, -0.1) is 5.10 Å². The van der Waals surface area contributed by atoms with E-state index in [1.165, 1.54) is 18.2 Å². The topological polar surface area (TPSA) is 86.1 Å². The number of nitrogens with one attached hydrogen (secondary N) is 1. The van der Waals surface area contributed by atoms with E-state index in [-0.39, 0.29) is 16.3 Å². The second-order valence-electron chi connectivity index (χ2n) is 5.36. The number of rotatable bonds is 5. The van der Waals surface area contributed by atoms with Gasteiger partial charge in [-0.1, -0.05) is 16.8 Å². The number of esters is 1. The molecule has 0 saturated heterocycles. The van der Waals surface area contributed by atoms with Crippen LogP contribution in [0.5, 0.6) is 0 Å². The lowest BCUT2D eigenvalue weighted by Crippen LogP contribution is -2.21. The van der Waals surface area contributed by atoms with Crippen LogP contribution in [-0.4, -0.2) is 33.5 Å². The average molecular weight is 377 g/mol. The van der Waals surface area contributed by atoms with Gasteiger partial charge in [-0.05, 0) is 43.3 Å². The fourth-order valence-corrected chi connectivity index (χ4v) is 2.48. The highest BCUT2D eigenvalue weighted by Crippen LogP contribution is 2.19. The molecule has 0 fully saturated rings. The summed E-state index contributed by atoms with van der Waals surface area (Å²) in [4.78, 5) is 23.9. The Hall–Kier alpha value is -3.00. The first-order valence-electron chi connectivity index (χ1n) is 7.73. The van der Waals surface area contributed by atoms with Gasteiger partial charge < -0.3 is 10.1 Å². The molecule has 3 rings (SSSR count). The number of nitrogens with zero attached hydrogens (tertiary/aromatic N) is 3. The van der Waals surface area contributed by atoms with Gasteiger partial charge in [0.1, 0.15) is 11.3 Å². The highest BCUT2D eigenvalue weighted by atomic mass is 35.5. The number of anilines is 1. The zero-order chi connectivity index (χ0) is 18.7. The Labute approximate surface area is 152 Å². The number of carbonyl (C=O) groups excluding carboxylic acids is 2. The molecule has 0 atom stereocenters. The van der Waals surface area contributed by atoms with Gasteiger partial charge >= 0.3 is 5.97 Å². The Morgan fingerprint density at radius 1 is 1.27 bits per heavy atom. The minimum absolute atomic E-state index is 0.0481. The summed E-state index contributed by atoms with van der Waals surface area (Å²) < 4.78 is 20.3. The van der Waals surface area contributed by atoms with Crippen molar-refractivity contribution in [3.8, 4) is 0 Å². The van der Waals surface area contributed by atoms with E-state index >= 15 is 0 Å². The van der Waals surface area contributed by atoms with Crippen LogP contribution in [0.15, 0.2) is 36.4 Å². The minimum Gasteiger partial charge on any atom is -0.452 e. The predicted octanol–water partition coefficient (Wildman–Crippen LogP) is 3.04. The van der Waals surface area contributed by atoms with E-state index in [1.807, 2.05) is 6.92 Å². The van der Waals surface area contributed by atoms with Gasteiger partial charge in [-0.25, -0.2) is 13.9 Å². The fourth-order valence-electron chi connectivity index (χ4n) is 2.32. The van der Waals surface area contributed by atoms with Crippen molar-refractivity contribution in [2.45, 2.75) is 13.5 Å². The first-order chi connectivity index (χ1) is 12.5. The number of benzene rings is 2. The smallest absolute Gasteiger partial charge is 0.338 e. The Morgan fingerprint density at radius 2 is 2.08 bits per heavy atom. The molecule has 7 nitrogen and oxygen atoms in total. The molecule has 1 heterocycles. The van der Waals surface area contributed by atoms with Crippen LogP contribution in [0.3, 0.4) is 0 Å². The zero-order valence-electron chi connectivity index (χ0n) is 13.7. The minimum atomic E-state index is -0.690. The molecule has 1 amide bonds. The third-order valence-corrected chi connectivity index (χ3v) is 3.82. The number of ether oxygens (including phenoxy) is 1. The van der Waals surface area contributed by atoms with E-state index in [1.54, 1.807) is 16.8 Å². The van der Waals surface area contributed by atoms with Gasteiger partial charge in [0.15, 0.2) is 6.61 Å². The second-order valence-corrected chi connectivity index (χ2v) is 5.79. The molecule has 0 aliphatic heterocycles. The molecular formula is C17H14ClFN4O3. The number of fused-ring (bicyclic) bond motifs is 1. The summed E-state index contributed by atoms with van der Waals surface area (Å²) in [7, 11) is 0. The van der Waals surface area contributed by atoms with Gasteiger partial charge in [0.05, 0.1) is 16.8 Å². The maximum absolute atomic E-state index is 13.6. The van der Waals surface area contributed by atoms with Crippen molar-refractivity contribution in [3.05, 3.63) is 52.8 Å². The van der Waals surface area contributed by atoms with Gasteiger partial charge in [-0.2, -0.15) is 0 Å². The lowest BCUT2D eigenvalue weighted by molar-refractivity contribution is -0.119. The first-order valence-corrected chi connectivity index (χ1v) is 8.11. The van der Waals surface area contributed by atoms with Crippen molar-refractivity contribution >= 4 is 40.2 Å². The SMILES string of the molecule is CCn1nnc2cc(C(=O)OCC(=O)Nc3ccc(Cl)cc3F)ccc21. The van der Waals surface area contributed by atoms with Crippen LogP contribution in [0.25, 0.3) is 11.0 Å². The lowest BCUT2D eigenvalue weighted by atomic mass is 10.2. The molecule has 1 N–H and O–H groups in total. The van der Waals surface area contributed by atoms with Crippen molar-refractivity contribution in [2.24, 2.45) is 0 Å². The molecule has 0 aliphatic rings. The van der Waals surface area contributed by atoms with Crippen LogP contribution in [0, 0.1) is 5.82 Å². The summed E-state index contributed by atoms with van der Waals surface area (Å²) in [6, 6.07) is 8.64. The van der Waals surface area contributed by atoms with E-state index in [0.717, 1.165) is 11.6 Å². The lowest BCUT2D eigenvalue weighted by Gasteiger charge is -2.08. The van der Waals surface area contributed by atoms with Crippen molar-refractivity contribution in [1.29, 1.82) is 0 Å². The number of aromatic nitrogens is 3. The van der Waals surface area contributed by atoms with E-state index in [2.05, 4.69) is 15.6 Å². The fraction of sp³-hybridized carbons (Fsp3) is 0.176. The molecule has 0 aliphatic carbocycles. The molecule has 0 bridgehead atoms. The van der Waals surface area contributed by atoms with E-state index < -0.39 is 24.3 Å². The third-order valence-electron chi connectivity index (χ3n) is 3.59. The summed E-state index contributed by atoms with van der Waals surface area (Å²) in [6.45, 7) is 2.03. The zero-order valence-corrected chi connectivity index (χ0v) is 14.5. The molecule has 2 aromatic carbocycles. The predicted molar refractivity (Wildman–Crippen MR) is 93.5 cm³/mol. The van der Waals surface area contributed by atoms with Crippen molar-refractivity contribution in [2.75, 3.05) is 11.9 Å². The number of hydrogen-bond donors (Lipinski definition) is 1. The maximum atomic E-state index is 13.6. The van der Waals surface area contributed by atoms with Crippen molar-refractivity contribution in [1.82, 2.24) is 15.0 Å². The third kappa shape index (κ3) is 3.80. The summed E-state index contributed by atoms with van der Waals surface area (Å²) in [5.41, 5.74) is 1.54. The molecule has 0 radical (unpaired) electrons. The summed E-state index contributed by atoms with van der Waals surface area (Å²) in [5, 5.41) is 10.4. The standard InChI is InChI=1S/C17H14ClFN4O3/c1-2-23-15-6-3-10(7-14(15)21-22-23)17(25)26-9-16(24)20-13-5-4-11(18)8-12(13)19/h3-8H,2,9H2,1H3,(H,20,24). The molecule has 3 aromatic rings. The van der Waals surface area contributed by atoms with Gasteiger partial charge in [-0.3, -0.25) is 4.79 Å². The normalized spacial score (nSPS) is 10.7. The Balaban J connectivity index is 1.62. The Morgan fingerprint density at radius 3 is 2.81 bits per heavy atom. The number of aryl methyl sites for hydroxylation is 1. The monoisotopic (exact) mass is 376 g/mol. The quantitative estimate of drug-likeness (QED) is 0.692. The Kier molecular flexibility index (Phi) is 5.13. The number of carbonyl (C=O) groups is 2. The van der Waals surface area contributed by atoms with E-state index in [4.69, 9.17) is 16.3 Å². The summed E-state index contributed by atoms with van der Waals surface area (Å²) in [5.74, 6) is -2.04. The highest BCUT2D eigenvalue weighted by molar-refractivity contribution is 6.30. The van der Waals surface area contributed by atoms with E-state index in [0.29, 0.717) is 12.1 Å². The van der Waals surface area contributed by atoms with Crippen LogP contribution in [0.1, 0.15) is 17.3 Å². The van der Waals surface area contributed by atoms with Crippen LogP contribution >= 0.6 is 11.6 Å². The molecule has 0 saturated carbocycles. The van der Waals surface area contributed by atoms with Crippen molar-refractivity contribution in [3.63, 3.8) is 0 Å². The van der Waals surface area contributed by atoms with Crippen LogP contribution in [-0.2, 0) is 16.1 Å². The molecule has 9 heteroatoms. The second kappa shape index (κ2) is 7.49. The van der Waals surface area contributed by atoms with Gasteiger partial charge in [0.25, 0.3) is 5.91 Å². The molecule has 26 heavy (non-hydrogen) atoms. The Bertz CT molecular complexity index is 989. The summed E-state index contributed by atoms with van der Waals surface area (Å²) in [6.07, 6.45) is 0. The molecule has 0 unspecified atom stereocenters. The van der Waals surface area contributed by atoms with Crippen LogP contribution < -0.4 is 5.32 Å². The highest BCUT2D eigenvalue weighted by Gasteiger charge is 2.14. The van der Waals surface area contributed by atoms with Crippen LogP contribution in [0.4, 0.5) is 10.1 Å². The van der Waals surface area contributed by atoms with Gasteiger partial charge in [0.2, 0.25) is 0 Å². The summed E-state index contributed by atoms with van der Waals surface area (Å²) >= 11 is 5.64. The number of halogens is 2. The first kappa shape index (κ1) is 17.8. The molecule has 1 aromatic heterocycles. The molecule has 134 valence electrons. The average Bonchev–Trinajstić information content (AvgIpc) is 3.04.